The second-order valence-corrected chi connectivity index (χ2v) is 7.31. The van der Waals surface area contributed by atoms with E-state index in [1.165, 1.54) is 12.5 Å². The zero-order chi connectivity index (χ0) is 19.4. The molecule has 1 aromatic rings. The first-order chi connectivity index (χ1) is 13.0. The van der Waals surface area contributed by atoms with Crippen molar-refractivity contribution in [1.82, 2.24) is 4.90 Å². The third-order valence-electron chi connectivity index (χ3n) is 5.71. The fraction of sp³-hybridized carbons (Fsp3) is 0.375. The van der Waals surface area contributed by atoms with Crippen molar-refractivity contribution in [2.24, 2.45) is 5.92 Å². The highest BCUT2D eigenvalue weighted by molar-refractivity contribution is 8.93. The summed E-state index contributed by atoms with van der Waals surface area (Å²) in [7, 11) is 2.11. The van der Waals surface area contributed by atoms with Crippen LogP contribution in [0.3, 0.4) is 0 Å². The Hall–Kier alpha value is -2.07. The number of carbonyl (C=O) groups is 1. The lowest BCUT2D eigenvalue weighted by atomic mass is 9.61. The minimum Gasteiger partial charge on any atom is -0.426 e. The number of likely N-dealkylation sites (N-methyl/N-ethyl adjacent to an activating group) is 1. The van der Waals surface area contributed by atoms with E-state index in [1.54, 1.807) is 0 Å². The van der Waals surface area contributed by atoms with E-state index < -0.39 is 0 Å². The molecule has 3 unspecified atom stereocenters. The van der Waals surface area contributed by atoms with Crippen LogP contribution in [-0.2, 0) is 16.6 Å². The molecule has 3 rings (SSSR count). The van der Waals surface area contributed by atoms with Crippen molar-refractivity contribution in [3.63, 3.8) is 0 Å². The van der Waals surface area contributed by atoms with Gasteiger partial charge < -0.3 is 9.64 Å². The van der Waals surface area contributed by atoms with E-state index in [0.717, 1.165) is 18.4 Å². The maximum atomic E-state index is 11.8. The Morgan fingerprint density at radius 2 is 1.89 bits per heavy atom. The molecule has 28 heavy (non-hydrogen) atoms. The summed E-state index contributed by atoms with van der Waals surface area (Å²) in [6, 6.07) is 6.37. The molecule has 4 heteroatoms. The summed E-state index contributed by atoms with van der Waals surface area (Å²) >= 11 is 0. The molecule has 2 aliphatic rings. The van der Waals surface area contributed by atoms with Crippen LogP contribution in [0, 0.1) is 5.92 Å². The molecule has 0 bridgehead atoms. The second kappa shape index (κ2) is 9.42. The van der Waals surface area contributed by atoms with Crippen LogP contribution in [0.4, 0.5) is 0 Å². The quantitative estimate of drug-likeness (QED) is 0.442. The topological polar surface area (TPSA) is 29.5 Å². The van der Waals surface area contributed by atoms with E-state index >= 15 is 0 Å². The lowest BCUT2D eigenvalue weighted by molar-refractivity contribution is -0.132. The average Bonchev–Trinajstić information content (AvgIpc) is 2.68. The van der Waals surface area contributed by atoms with Gasteiger partial charge in [0.1, 0.15) is 5.75 Å². The van der Waals surface area contributed by atoms with Crippen molar-refractivity contribution in [2.75, 3.05) is 7.05 Å². The van der Waals surface area contributed by atoms with Gasteiger partial charge >= 0.3 is 5.97 Å². The smallest absolute Gasteiger partial charge is 0.308 e. The van der Waals surface area contributed by atoms with E-state index in [0.29, 0.717) is 11.7 Å². The highest BCUT2D eigenvalue weighted by Gasteiger charge is 2.46. The number of rotatable bonds is 5. The molecular weight excluding hydrogens is 414 g/mol. The summed E-state index contributed by atoms with van der Waals surface area (Å²) in [6.45, 7) is 5.84. The van der Waals surface area contributed by atoms with Gasteiger partial charge in [0.15, 0.2) is 0 Å². The summed E-state index contributed by atoms with van der Waals surface area (Å²) in [4.78, 5) is 14.1. The fourth-order valence-corrected chi connectivity index (χ4v) is 4.40. The molecule has 1 aliphatic carbocycles. The largest absolute Gasteiger partial charge is 0.426 e. The molecule has 0 fully saturated rings. The highest BCUT2D eigenvalue weighted by Crippen LogP contribution is 2.48. The second-order valence-electron chi connectivity index (χ2n) is 7.31. The third-order valence-corrected chi connectivity index (χ3v) is 5.71. The van der Waals surface area contributed by atoms with Crippen LogP contribution >= 0.6 is 17.0 Å². The van der Waals surface area contributed by atoms with Crippen molar-refractivity contribution >= 4 is 23.0 Å². The zero-order valence-corrected chi connectivity index (χ0v) is 18.8. The van der Waals surface area contributed by atoms with Gasteiger partial charge in [0, 0.05) is 24.9 Å². The first kappa shape index (κ1) is 22.2. The molecule has 0 spiro atoms. The molecule has 1 aliphatic heterocycles. The number of halogens is 1. The molecule has 0 amide bonds. The van der Waals surface area contributed by atoms with Crippen LogP contribution in [0.25, 0.3) is 0 Å². The van der Waals surface area contributed by atoms with Crippen molar-refractivity contribution in [3.8, 4) is 5.75 Å². The number of nitrogens with zero attached hydrogens (tertiary/aromatic N) is 1. The maximum absolute atomic E-state index is 11.8. The number of esters is 1. The van der Waals surface area contributed by atoms with E-state index in [2.05, 4.69) is 86.7 Å². The monoisotopic (exact) mass is 443 g/mol. The number of hydrogen-bond donors (Lipinski definition) is 0. The Kier molecular flexibility index (Phi) is 7.48. The van der Waals surface area contributed by atoms with Crippen molar-refractivity contribution in [2.45, 2.75) is 45.1 Å². The normalized spacial score (nSPS) is 25.5. The first-order valence-corrected chi connectivity index (χ1v) is 9.77. The Morgan fingerprint density at radius 1 is 1.14 bits per heavy atom. The van der Waals surface area contributed by atoms with Gasteiger partial charge in [-0.05, 0) is 42.7 Å². The average molecular weight is 444 g/mol. The predicted molar refractivity (Wildman–Crippen MR) is 121 cm³/mol. The van der Waals surface area contributed by atoms with Crippen LogP contribution in [0.15, 0.2) is 66.9 Å². The van der Waals surface area contributed by atoms with E-state index in [4.69, 9.17) is 4.74 Å². The van der Waals surface area contributed by atoms with Crippen LogP contribution < -0.4 is 4.74 Å². The first-order valence-electron chi connectivity index (χ1n) is 9.77. The van der Waals surface area contributed by atoms with Crippen LogP contribution in [0.5, 0.6) is 5.75 Å². The molecule has 150 valence electrons. The molecular formula is C24H30BrNO2. The minimum absolute atomic E-state index is 0. The van der Waals surface area contributed by atoms with Crippen molar-refractivity contribution in [1.29, 1.82) is 0 Å². The van der Waals surface area contributed by atoms with E-state index in [-0.39, 0.29) is 34.4 Å². The van der Waals surface area contributed by atoms with Gasteiger partial charge in [-0.3, -0.25) is 4.79 Å². The number of aryl methyl sites for hydroxylation is 1. The Morgan fingerprint density at radius 3 is 2.54 bits per heavy atom. The van der Waals surface area contributed by atoms with Gasteiger partial charge in [0.05, 0.1) is 6.04 Å². The van der Waals surface area contributed by atoms with E-state index in [1.807, 2.05) is 6.07 Å². The molecule has 0 saturated heterocycles. The van der Waals surface area contributed by atoms with Crippen LogP contribution in [0.1, 0.15) is 38.3 Å². The molecule has 3 nitrogen and oxygen atoms in total. The molecule has 1 heterocycles. The Labute approximate surface area is 179 Å². The van der Waals surface area contributed by atoms with Crippen LogP contribution in [0.2, 0.25) is 0 Å². The standard InChI is InChI=1S/C24H29NO2.BrH/c1-5-19-13-14-22(27-18(3)26)21(17-19)24(15-9-7-11-20(24)6-2)23-12-8-10-16-25(23)4;/h7-17,20,23H,5-6H2,1-4H3;1H. The number of benzene rings is 1. The number of hydrogen-bond acceptors (Lipinski definition) is 3. The molecule has 0 aromatic heterocycles. The number of ether oxygens (including phenoxy) is 1. The molecule has 0 radical (unpaired) electrons. The van der Waals surface area contributed by atoms with Gasteiger partial charge in [-0.25, -0.2) is 0 Å². The number of carbonyl (C=O) groups excluding carboxylic acids is 1. The predicted octanol–water partition coefficient (Wildman–Crippen LogP) is 5.53. The zero-order valence-electron chi connectivity index (χ0n) is 17.1. The molecule has 1 aromatic carbocycles. The SMILES string of the molecule is Br.CCc1ccc(OC(C)=O)c(C2(C3C=CC=CN3C)C=CC=CC2CC)c1. The van der Waals surface area contributed by atoms with Gasteiger partial charge in [-0.15, -0.1) is 17.0 Å². The molecule has 3 atom stereocenters. The lowest BCUT2D eigenvalue weighted by Crippen LogP contribution is -2.51. The van der Waals surface area contributed by atoms with Crippen molar-refractivity contribution < 1.29 is 9.53 Å². The summed E-state index contributed by atoms with van der Waals surface area (Å²) in [5, 5.41) is 0. The maximum Gasteiger partial charge on any atom is 0.308 e. The highest BCUT2D eigenvalue weighted by atomic mass is 79.9. The van der Waals surface area contributed by atoms with Gasteiger partial charge in [-0.2, -0.15) is 0 Å². The third kappa shape index (κ3) is 4.02. The fourth-order valence-electron chi connectivity index (χ4n) is 4.40. The molecule has 0 N–H and O–H groups in total. The molecule has 0 saturated carbocycles. The van der Waals surface area contributed by atoms with Crippen molar-refractivity contribution in [3.05, 3.63) is 78.1 Å². The van der Waals surface area contributed by atoms with E-state index in [9.17, 15) is 4.79 Å². The van der Waals surface area contributed by atoms with Gasteiger partial charge in [-0.1, -0.05) is 62.4 Å². The minimum atomic E-state index is -0.310. The van der Waals surface area contributed by atoms with Crippen LogP contribution in [-0.4, -0.2) is 24.0 Å². The number of allylic oxidation sites excluding steroid dienone is 5. The summed E-state index contributed by atoms with van der Waals surface area (Å²) in [6.07, 6.45) is 19.3. The summed E-state index contributed by atoms with van der Waals surface area (Å²) in [5.41, 5.74) is 2.02. The van der Waals surface area contributed by atoms with Gasteiger partial charge in [0.25, 0.3) is 0 Å². The lowest BCUT2D eigenvalue weighted by Gasteiger charge is -2.48. The Bertz CT molecular complexity index is 824. The van der Waals surface area contributed by atoms with Gasteiger partial charge in [0.2, 0.25) is 0 Å². The summed E-state index contributed by atoms with van der Waals surface area (Å²) in [5.74, 6) is 0.674. The Balaban J connectivity index is 0.00000280. The summed E-state index contributed by atoms with van der Waals surface area (Å²) < 4.78 is 5.68.